The highest BCUT2D eigenvalue weighted by Crippen LogP contribution is 2.32. The van der Waals surface area contributed by atoms with Gasteiger partial charge in [0.1, 0.15) is 5.75 Å². The number of carbonyl (C=O) groups is 2. The number of rotatable bonds is 5. The lowest BCUT2D eigenvalue weighted by Crippen LogP contribution is -2.36. The van der Waals surface area contributed by atoms with Crippen molar-refractivity contribution in [3.63, 3.8) is 0 Å². The molecule has 1 aliphatic heterocycles. The summed E-state index contributed by atoms with van der Waals surface area (Å²) in [5.41, 5.74) is 1.26. The van der Waals surface area contributed by atoms with Crippen LogP contribution in [0, 0.1) is 0 Å². The Morgan fingerprint density at radius 3 is 2.57 bits per heavy atom. The number of likely N-dealkylation sites (N-methyl/N-ethyl adjacent to an activating group) is 1. The lowest BCUT2D eigenvalue weighted by molar-refractivity contribution is -0.120. The van der Waals surface area contributed by atoms with Crippen LogP contribution in [0.3, 0.4) is 0 Å². The first-order valence-corrected chi connectivity index (χ1v) is 7.41. The Bertz CT molecular complexity index is 536. The largest absolute Gasteiger partial charge is 0.482 e. The predicted octanol–water partition coefficient (Wildman–Crippen LogP) is 2.30. The van der Waals surface area contributed by atoms with E-state index in [0.29, 0.717) is 17.0 Å². The molecule has 5 heteroatoms. The molecule has 0 saturated carbocycles. The van der Waals surface area contributed by atoms with Gasteiger partial charge in [-0.1, -0.05) is 13.8 Å². The molecular formula is C16H22N2O3. The molecule has 2 amide bonds. The maximum atomic E-state index is 12.6. The second kappa shape index (κ2) is 6.61. The van der Waals surface area contributed by atoms with E-state index in [1.165, 1.54) is 0 Å². The summed E-state index contributed by atoms with van der Waals surface area (Å²) in [6.45, 7) is 5.66. The molecule has 0 atom stereocenters. The first kappa shape index (κ1) is 15.4. The quantitative estimate of drug-likeness (QED) is 0.836. The summed E-state index contributed by atoms with van der Waals surface area (Å²) in [6.07, 6.45) is 1.86. The van der Waals surface area contributed by atoms with Crippen LogP contribution < -0.4 is 9.64 Å². The Balaban J connectivity index is 2.28. The minimum atomic E-state index is -0.105. The maximum Gasteiger partial charge on any atom is 0.264 e. The smallest absolute Gasteiger partial charge is 0.264 e. The molecule has 0 aliphatic carbocycles. The fourth-order valence-electron chi connectivity index (χ4n) is 2.44. The number of fused-ring (bicyclic) bond motifs is 1. The molecule has 21 heavy (non-hydrogen) atoms. The first-order chi connectivity index (χ1) is 10.1. The average Bonchev–Trinajstić information content (AvgIpc) is 2.50. The van der Waals surface area contributed by atoms with E-state index in [1.807, 2.05) is 4.90 Å². The van der Waals surface area contributed by atoms with Gasteiger partial charge < -0.3 is 14.5 Å². The van der Waals surface area contributed by atoms with Gasteiger partial charge >= 0.3 is 0 Å². The van der Waals surface area contributed by atoms with E-state index in [1.54, 1.807) is 30.1 Å². The molecule has 114 valence electrons. The van der Waals surface area contributed by atoms with Gasteiger partial charge in [0.2, 0.25) is 0 Å². The van der Waals surface area contributed by atoms with Gasteiger partial charge in [-0.3, -0.25) is 9.59 Å². The van der Waals surface area contributed by atoms with Crippen LogP contribution >= 0.6 is 0 Å². The van der Waals surface area contributed by atoms with Crippen molar-refractivity contribution in [3.8, 4) is 5.75 Å². The predicted molar refractivity (Wildman–Crippen MR) is 81.8 cm³/mol. The molecule has 0 saturated heterocycles. The summed E-state index contributed by atoms with van der Waals surface area (Å²) in [5, 5.41) is 0. The highest BCUT2D eigenvalue weighted by atomic mass is 16.5. The molecule has 0 unspecified atom stereocenters. The van der Waals surface area contributed by atoms with Crippen LogP contribution in [0.25, 0.3) is 0 Å². The lowest BCUT2D eigenvalue weighted by Gasteiger charge is -2.27. The van der Waals surface area contributed by atoms with Crippen LogP contribution in [0.5, 0.6) is 5.75 Å². The number of ether oxygens (including phenoxy) is 1. The van der Waals surface area contributed by atoms with Gasteiger partial charge in [-0.25, -0.2) is 0 Å². The SMILES string of the molecule is CCCN(CCC)C(=O)c1ccc2c(c1)N(C)C(=O)CO2. The molecular weight excluding hydrogens is 268 g/mol. The second-order valence-corrected chi connectivity index (χ2v) is 5.22. The summed E-state index contributed by atoms with van der Waals surface area (Å²) in [6, 6.07) is 5.28. The second-order valence-electron chi connectivity index (χ2n) is 5.22. The van der Waals surface area contributed by atoms with E-state index in [0.717, 1.165) is 25.9 Å². The van der Waals surface area contributed by atoms with E-state index in [9.17, 15) is 9.59 Å². The first-order valence-electron chi connectivity index (χ1n) is 7.41. The third kappa shape index (κ3) is 3.17. The van der Waals surface area contributed by atoms with Crippen LogP contribution in [0.2, 0.25) is 0 Å². The number of anilines is 1. The maximum absolute atomic E-state index is 12.6. The summed E-state index contributed by atoms with van der Waals surface area (Å²) in [5.74, 6) is 0.546. The van der Waals surface area contributed by atoms with Crippen molar-refractivity contribution in [1.82, 2.24) is 4.90 Å². The molecule has 1 aromatic rings. The van der Waals surface area contributed by atoms with Crippen molar-refractivity contribution in [2.75, 3.05) is 31.6 Å². The van der Waals surface area contributed by atoms with Crippen molar-refractivity contribution in [1.29, 1.82) is 0 Å². The van der Waals surface area contributed by atoms with Gasteiger partial charge in [0.15, 0.2) is 6.61 Å². The van der Waals surface area contributed by atoms with Crippen LogP contribution in [-0.4, -0.2) is 43.5 Å². The van der Waals surface area contributed by atoms with Crippen molar-refractivity contribution in [2.24, 2.45) is 0 Å². The van der Waals surface area contributed by atoms with E-state index < -0.39 is 0 Å². The van der Waals surface area contributed by atoms with Gasteiger partial charge in [0.25, 0.3) is 11.8 Å². The zero-order valence-corrected chi connectivity index (χ0v) is 12.9. The van der Waals surface area contributed by atoms with Crippen molar-refractivity contribution < 1.29 is 14.3 Å². The Kier molecular flexibility index (Phi) is 4.83. The standard InChI is InChI=1S/C16H22N2O3/c1-4-8-18(9-5-2)16(20)12-6-7-14-13(10-12)17(3)15(19)11-21-14/h6-7,10H,4-5,8-9,11H2,1-3H3. The molecule has 0 spiro atoms. The van der Waals surface area contributed by atoms with Crippen molar-refractivity contribution >= 4 is 17.5 Å². The minimum absolute atomic E-state index is 0.00734. The van der Waals surface area contributed by atoms with Crippen LogP contribution in [-0.2, 0) is 4.79 Å². The molecule has 0 fully saturated rings. The average molecular weight is 290 g/mol. The van der Waals surface area contributed by atoms with Gasteiger partial charge in [0.05, 0.1) is 5.69 Å². The Labute approximate surface area is 125 Å². The third-order valence-electron chi connectivity index (χ3n) is 3.57. The number of benzene rings is 1. The van der Waals surface area contributed by atoms with Crippen molar-refractivity contribution in [3.05, 3.63) is 23.8 Å². The molecule has 0 N–H and O–H groups in total. The molecule has 1 aromatic carbocycles. The van der Waals surface area contributed by atoms with Gasteiger partial charge in [-0.05, 0) is 31.0 Å². The summed E-state index contributed by atoms with van der Waals surface area (Å²) >= 11 is 0. The monoisotopic (exact) mass is 290 g/mol. The Morgan fingerprint density at radius 1 is 1.29 bits per heavy atom. The van der Waals surface area contributed by atoms with Crippen molar-refractivity contribution in [2.45, 2.75) is 26.7 Å². The molecule has 1 aliphatic rings. The topological polar surface area (TPSA) is 49.9 Å². The summed E-state index contributed by atoms with van der Waals surface area (Å²) < 4.78 is 5.38. The Morgan fingerprint density at radius 2 is 1.95 bits per heavy atom. The molecule has 5 nitrogen and oxygen atoms in total. The summed E-state index contributed by atoms with van der Waals surface area (Å²) in [4.78, 5) is 27.7. The van der Waals surface area contributed by atoms with E-state index in [4.69, 9.17) is 4.74 Å². The lowest BCUT2D eigenvalue weighted by atomic mass is 10.1. The van der Waals surface area contributed by atoms with Crippen LogP contribution in [0.15, 0.2) is 18.2 Å². The zero-order valence-electron chi connectivity index (χ0n) is 12.9. The molecule has 0 aromatic heterocycles. The van der Waals surface area contributed by atoms with E-state index in [2.05, 4.69) is 13.8 Å². The van der Waals surface area contributed by atoms with Gasteiger partial charge in [-0.2, -0.15) is 0 Å². The van der Waals surface area contributed by atoms with Gasteiger partial charge in [0, 0.05) is 25.7 Å². The number of nitrogens with zero attached hydrogens (tertiary/aromatic N) is 2. The minimum Gasteiger partial charge on any atom is -0.482 e. The van der Waals surface area contributed by atoms with Crippen LogP contribution in [0.1, 0.15) is 37.0 Å². The highest BCUT2D eigenvalue weighted by molar-refractivity contribution is 6.00. The van der Waals surface area contributed by atoms with Gasteiger partial charge in [-0.15, -0.1) is 0 Å². The molecule has 0 bridgehead atoms. The van der Waals surface area contributed by atoms with E-state index >= 15 is 0 Å². The normalized spacial score (nSPS) is 13.7. The molecule has 0 radical (unpaired) electrons. The number of hydrogen-bond donors (Lipinski definition) is 0. The van der Waals surface area contributed by atoms with E-state index in [-0.39, 0.29) is 18.4 Å². The zero-order chi connectivity index (χ0) is 15.4. The third-order valence-corrected chi connectivity index (χ3v) is 3.57. The number of hydrogen-bond acceptors (Lipinski definition) is 3. The Hall–Kier alpha value is -2.04. The highest BCUT2D eigenvalue weighted by Gasteiger charge is 2.24. The number of carbonyl (C=O) groups excluding carboxylic acids is 2. The fourth-order valence-corrected chi connectivity index (χ4v) is 2.44. The van der Waals surface area contributed by atoms with Crippen LogP contribution in [0.4, 0.5) is 5.69 Å². The molecule has 2 rings (SSSR count). The number of amides is 2. The molecule has 1 heterocycles. The summed E-state index contributed by atoms with van der Waals surface area (Å²) in [7, 11) is 1.70. The fraction of sp³-hybridized carbons (Fsp3) is 0.500.